The zero-order valence-corrected chi connectivity index (χ0v) is 16.3. The van der Waals surface area contributed by atoms with Crippen LogP contribution < -0.4 is 0 Å². The van der Waals surface area contributed by atoms with Gasteiger partial charge in [-0.25, -0.2) is 9.97 Å². The summed E-state index contributed by atoms with van der Waals surface area (Å²) in [6.45, 7) is 2.29. The minimum atomic E-state index is -1.08. The Balaban J connectivity index is 1.69. The second-order valence-corrected chi connectivity index (χ2v) is 8.53. The number of hydrogen-bond donors (Lipinski definition) is 1. The van der Waals surface area contributed by atoms with Crippen LogP contribution >= 0.6 is 11.6 Å². The number of nitrogens with zero attached hydrogens (tertiary/aromatic N) is 4. The van der Waals surface area contributed by atoms with Gasteiger partial charge >= 0.3 is 0 Å². The van der Waals surface area contributed by atoms with Gasteiger partial charge in [0.25, 0.3) is 0 Å². The van der Waals surface area contributed by atoms with Crippen molar-refractivity contribution in [3.8, 4) is 0 Å². The molecule has 3 atom stereocenters. The van der Waals surface area contributed by atoms with Crippen LogP contribution in [-0.4, -0.2) is 37.6 Å². The van der Waals surface area contributed by atoms with Crippen molar-refractivity contribution in [2.45, 2.75) is 50.4 Å². The molecule has 2 bridgehead atoms. The van der Waals surface area contributed by atoms with Gasteiger partial charge in [0.05, 0.1) is 12.2 Å². The molecule has 1 fully saturated rings. The molecule has 3 unspecified atom stereocenters. The fraction of sp³-hybridized carbons (Fsp3) is 0.429. The summed E-state index contributed by atoms with van der Waals surface area (Å²) in [7, 11) is 2.23. The SMILES string of the molecule is CN1C2CCC1c1c(n(CC(C)(O)c3ccncn3)c3ccc(Cl)cc13)C2. The highest BCUT2D eigenvalue weighted by Gasteiger charge is 2.41. The Bertz CT molecular complexity index is 1010. The van der Waals surface area contributed by atoms with Crippen molar-refractivity contribution in [1.29, 1.82) is 0 Å². The second-order valence-electron chi connectivity index (χ2n) is 8.09. The van der Waals surface area contributed by atoms with E-state index in [-0.39, 0.29) is 0 Å². The van der Waals surface area contributed by atoms with Gasteiger partial charge in [0, 0.05) is 46.3 Å². The van der Waals surface area contributed by atoms with E-state index >= 15 is 0 Å². The minimum Gasteiger partial charge on any atom is -0.382 e. The topological polar surface area (TPSA) is 54.2 Å². The maximum Gasteiger partial charge on any atom is 0.122 e. The molecule has 3 aromatic rings. The highest BCUT2D eigenvalue weighted by molar-refractivity contribution is 6.31. The van der Waals surface area contributed by atoms with Gasteiger partial charge in [0.2, 0.25) is 0 Å². The van der Waals surface area contributed by atoms with Gasteiger partial charge in [-0.2, -0.15) is 0 Å². The Labute approximate surface area is 163 Å². The number of fused-ring (bicyclic) bond motifs is 6. The van der Waals surface area contributed by atoms with Gasteiger partial charge in [-0.3, -0.25) is 4.90 Å². The molecule has 2 aromatic heterocycles. The molecule has 0 saturated carbocycles. The maximum absolute atomic E-state index is 11.2. The zero-order valence-electron chi connectivity index (χ0n) is 15.6. The van der Waals surface area contributed by atoms with Crippen LogP contribution in [0.15, 0.2) is 36.8 Å². The molecule has 2 aliphatic heterocycles. The Morgan fingerprint density at radius 3 is 2.93 bits per heavy atom. The smallest absolute Gasteiger partial charge is 0.122 e. The lowest BCUT2D eigenvalue weighted by atomic mass is 9.97. The van der Waals surface area contributed by atoms with Crippen molar-refractivity contribution in [2.75, 3.05) is 7.05 Å². The molecule has 1 aromatic carbocycles. The molecule has 0 spiro atoms. The molecule has 1 N–H and O–H groups in total. The molecule has 27 heavy (non-hydrogen) atoms. The van der Waals surface area contributed by atoms with E-state index in [1.807, 2.05) is 13.0 Å². The summed E-state index contributed by atoms with van der Waals surface area (Å²) in [5, 5.41) is 13.2. The van der Waals surface area contributed by atoms with Crippen molar-refractivity contribution >= 4 is 22.5 Å². The largest absolute Gasteiger partial charge is 0.382 e. The first-order valence-corrected chi connectivity index (χ1v) is 9.85. The number of likely N-dealkylation sites (N-methyl/N-ethyl adjacent to an activating group) is 1. The molecule has 0 radical (unpaired) electrons. The van der Waals surface area contributed by atoms with Crippen molar-refractivity contribution in [3.05, 3.63) is 58.8 Å². The highest BCUT2D eigenvalue weighted by Crippen LogP contribution is 2.47. The number of halogens is 1. The van der Waals surface area contributed by atoms with Crippen molar-refractivity contribution < 1.29 is 5.11 Å². The van der Waals surface area contributed by atoms with Gasteiger partial charge in [0.1, 0.15) is 11.9 Å². The molecule has 5 rings (SSSR count). The first-order chi connectivity index (χ1) is 13.0. The molecular weight excluding hydrogens is 360 g/mol. The second kappa shape index (κ2) is 6.03. The minimum absolute atomic E-state index is 0.435. The maximum atomic E-state index is 11.2. The Kier molecular flexibility index (Phi) is 3.83. The average Bonchev–Trinajstić information content (AvgIpc) is 3.06. The number of aromatic nitrogens is 3. The van der Waals surface area contributed by atoms with Crippen LogP contribution in [0.3, 0.4) is 0 Å². The molecule has 4 heterocycles. The third-order valence-electron chi connectivity index (χ3n) is 6.38. The summed E-state index contributed by atoms with van der Waals surface area (Å²) >= 11 is 6.35. The van der Waals surface area contributed by atoms with E-state index in [9.17, 15) is 5.11 Å². The fourth-order valence-corrected chi connectivity index (χ4v) is 5.18. The molecule has 1 saturated heterocycles. The molecule has 6 heteroatoms. The summed E-state index contributed by atoms with van der Waals surface area (Å²) in [6.07, 6.45) is 6.58. The number of aliphatic hydroxyl groups is 1. The van der Waals surface area contributed by atoms with Gasteiger partial charge in [-0.05, 0) is 56.6 Å². The predicted molar refractivity (Wildman–Crippen MR) is 106 cm³/mol. The lowest BCUT2D eigenvalue weighted by Crippen LogP contribution is -2.36. The summed E-state index contributed by atoms with van der Waals surface area (Å²) < 4.78 is 2.29. The van der Waals surface area contributed by atoms with E-state index in [2.05, 4.69) is 38.6 Å². The molecule has 5 nitrogen and oxygen atoms in total. The van der Waals surface area contributed by atoms with Crippen LogP contribution in [0.5, 0.6) is 0 Å². The van der Waals surface area contributed by atoms with E-state index in [4.69, 9.17) is 11.6 Å². The monoisotopic (exact) mass is 382 g/mol. The zero-order chi connectivity index (χ0) is 18.8. The van der Waals surface area contributed by atoms with Crippen LogP contribution in [0.4, 0.5) is 0 Å². The first kappa shape index (κ1) is 17.2. The predicted octanol–water partition coefficient (Wildman–Crippen LogP) is 3.68. The summed E-state index contributed by atoms with van der Waals surface area (Å²) in [4.78, 5) is 10.8. The standard InChI is InChI=1S/C21H23ClN4O/c1-21(27,19-7-8-23-12-24-19)11-26-16-5-3-13(22)9-15(16)20-17-6-4-14(25(17)2)10-18(20)26/h3,5,7-9,12,14,17,27H,4,6,10-11H2,1-2H3. The highest BCUT2D eigenvalue weighted by atomic mass is 35.5. The van der Waals surface area contributed by atoms with E-state index < -0.39 is 5.60 Å². The van der Waals surface area contributed by atoms with E-state index in [1.165, 1.54) is 35.8 Å². The fourth-order valence-electron chi connectivity index (χ4n) is 5.01. The van der Waals surface area contributed by atoms with Crippen molar-refractivity contribution in [2.24, 2.45) is 0 Å². The Morgan fingerprint density at radius 1 is 1.30 bits per heavy atom. The number of benzene rings is 1. The lowest BCUT2D eigenvalue weighted by molar-refractivity contribution is 0.0337. The molecule has 0 amide bonds. The van der Waals surface area contributed by atoms with E-state index in [0.717, 1.165) is 17.0 Å². The van der Waals surface area contributed by atoms with Gasteiger partial charge in [-0.1, -0.05) is 11.6 Å². The summed E-state index contributed by atoms with van der Waals surface area (Å²) in [5.41, 5.74) is 3.43. The molecular formula is C21H23ClN4O. The van der Waals surface area contributed by atoms with Gasteiger partial charge in [0.15, 0.2) is 0 Å². The van der Waals surface area contributed by atoms with Crippen LogP contribution in [0.25, 0.3) is 10.9 Å². The van der Waals surface area contributed by atoms with Crippen molar-refractivity contribution in [1.82, 2.24) is 19.4 Å². The van der Waals surface area contributed by atoms with Crippen LogP contribution in [-0.2, 0) is 18.6 Å². The first-order valence-electron chi connectivity index (χ1n) is 9.47. The van der Waals surface area contributed by atoms with Crippen LogP contribution in [0, 0.1) is 0 Å². The average molecular weight is 383 g/mol. The lowest BCUT2D eigenvalue weighted by Gasteiger charge is -2.33. The summed E-state index contributed by atoms with van der Waals surface area (Å²) in [6, 6.07) is 8.90. The number of rotatable bonds is 3. The van der Waals surface area contributed by atoms with Gasteiger partial charge < -0.3 is 9.67 Å². The van der Waals surface area contributed by atoms with Crippen LogP contribution in [0.2, 0.25) is 5.02 Å². The van der Waals surface area contributed by atoms with E-state index in [0.29, 0.717) is 24.3 Å². The quantitative estimate of drug-likeness (QED) is 0.750. The molecule has 2 aliphatic rings. The molecule has 140 valence electrons. The molecule has 0 aliphatic carbocycles. The third-order valence-corrected chi connectivity index (χ3v) is 6.61. The normalized spacial score (nSPS) is 24.1. The Morgan fingerprint density at radius 2 is 2.15 bits per heavy atom. The van der Waals surface area contributed by atoms with Crippen molar-refractivity contribution in [3.63, 3.8) is 0 Å². The van der Waals surface area contributed by atoms with E-state index in [1.54, 1.807) is 12.3 Å². The van der Waals surface area contributed by atoms with Gasteiger partial charge in [-0.15, -0.1) is 0 Å². The Hall–Kier alpha value is -1.95. The third kappa shape index (κ3) is 2.60. The number of hydrogen-bond acceptors (Lipinski definition) is 4. The van der Waals surface area contributed by atoms with Crippen LogP contribution in [0.1, 0.15) is 42.8 Å². The summed E-state index contributed by atoms with van der Waals surface area (Å²) in [5.74, 6) is 0.